The first-order chi connectivity index (χ1) is 6.65. The monoisotopic (exact) mass is 200 g/mol. The van der Waals surface area contributed by atoms with E-state index in [1.165, 1.54) is 19.3 Å². The smallest absolute Gasteiger partial charge is 0.0639 e. The van der Waals surface area contributed by atoms with Crippen molar-refractivity contribution in [3.05, 3.63) is 0 Å². The lowest BCUT2D eigenvalue weighted by Crippen LogP contribution is -2.51. The Bertz CT molecular complexity index is 161. The quantitative estimate of drug-likeness (QED) is 0.705. The minimum atomic E-state index is -0.209. The van der Waals surface area contributed by atoms with Crippen LogP contribution in [-0.2, 0) is 0 Å². The Hall–Kier alpha value is -0.120. The zero-order valence-electron chi connectivity index (χ0n) is 9.66. The maximum atomic E-state index is 9.41. The number of nitrogens with zero attached hydrogens (tertiary/aromatic N) is 1. The van der Waals surface area contributed by atoms with Crippen LogP contribution < -0.4 is 5.32 Å². The SMILES string of the molecule is CNC(C)C1CCCCN1CC(C)O. The van der Waals surface area contributed by atoms with E-state index in [2.05, 4.69) is 17.1 Å². The topological polar surface area (TPSA) is 35.5 Å². The Morgan fingerprint density at radius 2 is 2.14 bits per heavy atom. The third-order valence-corrected chi connectivity index (χ3v) is 3.20. The summed E-state index contributed by atoms with van der Waals surface area (Å²) in [5, 5.41) is 12.7. The number of likely N-dealkylation sites (N-methyl/N-ethyl adjacent to an activating group) is 1. The highest BCUT2D eigenvalue weighted by molar-refractivity contribution is 4.84. The second-order valence-electron chi connectivity index (χ2n) is 4.48. The van der Waals surface area contributed by atoms with E-state index in [1.807, 2.05) is 14.0 Å². The van der Waals surface area contributed by atoms with Crippen LogP contribution in [0.1, 0.15) is 33.1 Å². The maximum Gasteiger partial charge on any atom is 0.0639 e. The molecule has 0 amide bonds. The minimum absolute atomic E-state index is 0.209. The van der Waals surface area contributed by atoms with Crippen molar-refractivity contribution in [2.24, 2.45) is 0 Å². The van der Waals surface area contributed by atoms with Crippen LogP contribution in [0.2, 0.25) is 0 Å². The molecule has 1 saturated heterocycles. The molecule has 0 aromatic heterocycles. The third kappa shape index (κ3) is 3.23. The summed E-state index contributed by atoms with van der Waals surface area (Å²) in [5.74, 6) is 0. The molecule has 0 spiro atoms. The molecule has 0 radical (unpaired) electrons. The van der Waals surface area contributed by atoms with Crippen LogP contribution in [0.3, 0.4) is 0 Å². The van der Waals surface area contributed by atoms with E-state index in [-0.39, 0.29) is 6.10 Å². The van der Waals surface area contributed by atoms with Crippen LogP contribution >= 0.6 is 0 Å². The molecule has 3 nitrogen and oxygen atoms in total. The van der Waals surface area contributed by atoms with E-state index in [0.29, 0.717) is 12.1 Å². The highest BCUT2D eigenvalue weighted by Gasteiger charge is 2.26. The van der Waals surface area contributed by atoms with Gasteiger partial charge in [-0.2, -0.15) is 0 Å². The van der Waals surface area contributed by atoms with Crippen LogP contribution in [0.15, 0.2) is 0 Å². The molecule has 2 N–H and O–H groups in total. The van der Waals surface area contributed by atoms with Gasteiger partial charge in [-0.1, -0.05) is 6.42 Å². The Kier molecular flexibility index (Phi) is 4.85. The van der Waals surface area contributed by atoms with Crippen molar-refractivity contribution in [1.29, 1.82) is 0 Å². The number of hydrogen-bond acceptors (Lipinski definition) is 3. The molecule has 3 heteroatoms. The second kappa shape index (κ2) is 5.69. The van der Waals surface area contributed by atoms with Gasteiger partial charge in [0.25, 0.3) is 0 Å². The summed E-state index contributed by atoms with van der Waals surface area (Å²) >= 11 is 0. The number of nitrogens with one attached hydrogen (secondary N) is 1. The summed E-state index contributed by atoms with van der Waals surface area (Å²) in [5.41, 5.74) is 0. The molecule has 1 aliphatic heterocycles. The molecule has 0 aromatic rings. The fourth-order valence-electron chi connectivity index (χ4n) is 2.34. The highest BCUT2D eigenvalue weighted by Crippen LogP contribution is 2.19. The summed E-state index contributed by atoms with van der Waals surface area (Å²) in [6.07, 6.45) is 3.65. The first-order valence-corrected chi connectivity index (χ1v) is 5.74. The lowest BCUT2D eigenvalue weighted by molar-refractivity contribution is 0.0636. The van der Waals surface area contributed by atoms with Crippen molar-refractivity contribution >= 4 is 0 Å². The number of hydrogen-bond donors (Lipinski definition) is 2. The summed E-state index contributed by atoms with van der Waals surface area (Å²) < 4.78 is 0. The molecule has 3 atom stereocenters. The fraction of sp³-hybridized carbons (Fsp3) is 1.00. The molecule has 1 heterocycles. The zero-order valence-corrected chi connectivity index (χ0v) is 9.66. The molecule has 1 rings (SSSR count). The zero-order chi connectivity index (χ0) is 10.6. The van der Waals surface area contributed by atoms with Crippen molar-refractivity contribution in [3.8, 4) is 0 Å². The maximum absolute atomic E-state index is 9.41. The molecular weight excluding hydrogens is 176 g/mol. The Labute approximate surface area is 87.5 Å². The first-order valence-electron chi connectivity index (χ1n) is 5.74. The van der Waals surface area contributed by atoms with Gasteiger partial charge < -0.3 is 10.4 Å². The van der Waals surface area contributed by atoms with Gasteiger partial charge in [0.1, 0.15) is 0 Å². The van der Waals surface area contributed by atoms with Gasteiger partial charge in [0.15, 0.2) is 0 Å². The van der Waals surface area contributed by atoms with E-state index in [9.17, 15) is 5.11 Å². The van der Waals surface area contributed by atoms with E-state index in [4.69, 9.17) is 0 Å². The van der Waals surface area contributed by atoms with Gasteiger partial charge in [-0.25, -0.2) is 0 Å². The van der Waals surface area contributed by atoms with E-state index >= 15 is 0 Å². The van der Waals surface area contributed by atoms with Crippen molar-refractivity contribution in [1.82, 2.24) is 10.2 Å². The van der Waals surface area contributed by atoms with Gasteiger partial charge in [-0.15, -0.1) is 0 Å². The van der Waals surface area contributed by atoms with E-state index in [1.54, 1.807) is 0 Å². The molecule has 0 aliphatic carbocycles. The molecule has 0 bridgehead atoms. The molecule has 84 valence electrons. The Balaban J connectivity index is 2.49. The Morgan fingerprint density at radius 3 is 2.71 bits per heavy atom. The standard InChI is InChI=1S/C11H24N2O/c1-9(14)8-13-7-5-4-6-11(13)10(2)12-3/h9-12,14H,4-8H2,1-3H3. The normalized spacial score (nSPS) is 28.7. The molecular formula is C11H24N2O. The van der Waals surface area contributed by atoms with Crippen LogP contribution in [0.4, 0.5) is 0 Å². The molecule has 0 saturated carbocycles. The molecule has 3 unspecified atom stereocenters. The second-order valence-corrected chi connectivity index (χ2v) is 4.48. The van der Waals surface area contributed by atoms with E-state index in [0.717, 1.165) is 13.1 Å². The number of piperidine rings is 1. The number of β-amino-alcohol motifs (C(OH)–C–C–N with tert-alkyl or cyclic N) is 1. The number of aliphatic hydroxyl groups excluding tert-OH is 1. The van der Waals surface area contributed by atoms with Crippen molar-refractivity contribution < 1.29 is 5.11 Å². The van der Waals surface area contributed by atoms with Crippen LogP contribution in [0.25, 0.3) is 0 Å². The number of rotatable bonds is 4. The van der Waals surface area contributed by atoms with Crippen molar-refractivity contribution in [3.63, 3.8) is 0 Å². The molecule has 1 fully saturated rings. The average molecular weight is 200 g/mol. The van der Waals surface area contributed by atoms with Crippen molar-refractivity contribution in [2.45, 2.75) is 51.3 Å². The van der Waals surface area contributed by atoms with E-state index < -0.39 is 0 Å². The van der Waals surface area contributed by atoms with Gasteiger partial charge >= 0.3 is 0 Å². The van der Waals surface area contributed by atoms with Crippen molar-refractivity contribution in [2.75, 3.05) is 20.1 Å². The molecule has 1 aliphatic rings. The lowest BCUT2D eigenvalue weighted by Gasteiger charge is -2.39. The largest absolute Gasteiger partial charge is 0.392 e. The number of aliphatic hydroxyl groups is 1. The van der Waals surface area contributed by atoms with Crippen LogP contribution in [-0.4, -0.2) is 48.3 Å². The molecule has 0 aromatic carbocycles. The minimum Gasteiger partial charge on any atom is -0.392 e. The average Bonchev–Trinajstić information content (AvgIpc) is 2.16. The Morgan fingerprint density at radius 1 is 1.43 bits per heavy atom. The predicted octanol–water partition coefficient (Wildman–Crippen LogP) is 0.830. The summed E-state index contributed by atoms with van der Waals surface area (Å²) in [7, 11) is 2.01. The van der Waals surface area contributed by atoms with Crippen LogP contribution in [0, 0.1) is 0 Å². The highest BCUT2D eigenvalue weighted by atomic mass is 16.3. The predicted molar refractivity (Wildman–Crippen MR) is 59.4 cm³/mol. The van der Waals surface area contributed by atoms with Gasteiger partial charge in [-0.3, -0.25) is 4.90 Å². The van der Waals surface area contributed by atoms with Crippen LogP contribution in [0.5, 0.6) is 0 Å². The van der Waals surface area contributed by atoms with Gasteiger partial charge in [0, 0.05) is 18.6 Å². The van der Waals surface area contributed by atoms with Gasteiger partial charge in [0.05, 0.1) is 6.10 Å². The van der Waals surface area contributed by atoms with Gasteiger partial charge in [-0.05, 0) is 40.3 Å². The third-order valence-electron chi connectivity index (χ3n) is 3.20. The molecule has 14 heavy (non-hydrogen) atoms. The summed E-state index contributed by atoms with van der Waals surface area (Å²) in [4.78, 5) is 2.43. The van der Waals surface area contributed by atoms with Gasteiger partial charge in [0.2, 0.25) is 0 Å². The first kappa shape index (κ1) is 12.0. The fourth-order valence-corrected chi connectivity index (χ4v) is 2.34. The number of likely N-dealkylation sites (tertiary alicyclic amines) is 1. The summed E-state index contributed by atoms with van der Waals surface area (Å²) in [6, 6.07) is 1.12. The summed E-state index contributed by atoms with van der Waals surface area (Å²) in [6.45, 7) is 6.05. The lowest BCUT2D eigenvalue weighted by atomic mass is 9.96.